The van der Waals surface area contributed by atoms with Crippen LogP contribution in [0.5, 0.6) is 5.75 Å². The zero-order chi connectivity index (χ0) is 43.0. The van der Waals surface area contributed by atoms with E-state index < -0.39 is 11.9 Å². The Morgan fingerprint density at radius 1 is 0.344 bits per heavy atom. The van der Waals surface area contributed by atoms with Gasteiger partial charge in [-0.2, -0.15) is 0 Å². The maximum Gasteiger partial charge on any atom is 0.344 e. The Hall–Kier alpha value is -7.00. The smallest absolute Gasteiger partial charge is 0.344 e. The Morgan fingerprint density at radius 3 is 1.10 bits per heavy atom. The minimum absolute atomic E-state index is 0.0463. The van der Waals surface area contributed by atoms with Crippen LogP contribution in [0.3, 0.4) is 0 Å². The summed E-state index contributed by atoms with van der Waals surface area (Å²) in [5, 5.41) is 0. The first kappa shape index (κ1) is 46.7. The molecular formula is C52H54O9. The van der Waals surface area contributed by atoms with Gasteiger partial charge in [0.2, 0.25) is 0 Å². The zero-order valence-corrected chi connectivity index (χ0v) is 34.5. The highest BCUT2D eigenvalue weighted by Gasteiger charge is 2.12. The molecule has 0 unspecified atom stereocenters. The SMILES string of the molecule is O=C(CC(=O)OCc1ccccc1)OCc1ccccc1.O=C(CCc1ccccc1)OCCCc1ccccc1.O=C(COc1ccccc1)OCCCc1ccccc1. The van der Waals surface area contributed by atoms with Gasteiger partial charge >= 0.3 is 23.9 Å². The molecule has 0 aromatic heterocycles. The fraction of sp³-hybridized carbons (Fsp3) is 0.231. The standard InChI is InChI=1S/C18H20O2.C17H16O4.C17H18O3/c19-18(14-13-17-10-5-2-6-11-17)20-15-7-12-16-8-3-1-4-9-16;18-16(20-12-14-7-3-1-4-8-14)11-17(19)21-13-15-9-5-2-6-10-15;18-17(14-20-16-11-5-2-6-12-16)19-13-7-10-15-8-3-1-4-9-15/h1-6,8-11H,7,12-15H2;1-10H,11-13H2;1-6,8-9,11-12H,7,10,13-14H2. The molecule has 0 heterocycles. The number of hydrogen-bond acceptors (Lipinski definition) is 9. The highest BCUT2D eigenvalue weighted by atomic mass is 16.6. The van der Waals surface area contributed by atoms with Crippen LogP contribution in [0.15, 0.2) is 182 Å². The molecule has 0 aliphatic rings. The molecular weight excluding hydrogens is 769 g/mol. The molecule has 0 N–H and O–H groups in total. The van der Waals surface area contributed by atoms with E-state index in [-0.39, 0.29) is 38.2 Å². The third-order valence-electron chi connectivity index (χ3n) is 8.77. The fourth-order valence-corrected chi connectivity index (χ4v) is 5.57. The van der Waals surface area contributed by atoms with E-state index in [2.05, 4.69) is 24.3 Å². The Bertz CT molecular complexity index is 1930. The average Bonchev–Trinajstić information content (AvgIpc) is 3.31. The normalized spacial score (nSPS) is 10.0. The lowest BCUT2D eigenvalue weighted by Crippen LogP contribution is -2.15. The maximum absolute atomic E-state index is 11.6. The molecule has 6 aromatic carbocycles. The molecule has 0 fully saturated rings. The van der Waals surface area contributed by atoms with Gasteiger partial charge in [-0.3, -0.25) is 14.4 Å². The first-order valence-electron chi connectivity index (χ1n) is 20.4. The van der Waals surface area contributed by atoms with E-state index >= 15 is 0 Å². The van der Waals surface area contributed by atoms with E-state index in [1.165, 1.54) is 16.7 Å². The van der Waals surface area contributed by atoms with Crippen LogP contribution >= 0.6 is 0 Å². The number of benzene rings is 6. The molecule has 0 aliphatic heterocycles. The van der Waals surface area contributed by atoms with Crippen LogP contribution in [0.1, 0.15) is 53.5 Å². The van der Waals surface area contributed by atoms with Crippen molar-refractivity contribution in [2.45, 2.75) is 58.2 Å². The van der Waals surface area contributed by atoms with Gasteiger partial charge in [0.1, 0.15) is 25.4 Å². The summed E-state index contributed by atoms with van der Waals surface area (Å²) >= 11 is 0. The fourth-order valence-electron chi connectivity index (χ4n) is 5.57. The topological polar surface area (TPSA) is 114 Å². The second-order valence-corrected chi connectivity index (χ2v) is 13.7. The number of carbonyl (C=O) groups is 4. The number of para-hydroxylation sites is 1. The molecule has 0 amide bonds. The largest absolute Gasteiger partial charge is 0.482 e. The predicted molar refractivity (Wildman–Crippen MR) is 235 cm³/mol. The van der Waals surface area contributed by atoms with E-state index in [4.69, 9.17) is 23.7 Å². The monoisotopic (exact) mass is 822 g/mol. The molecule has 61 heavy (non-hydrogen) atoms. The Kier molecular flexibility index (Phi) is 22.4. The first-order valence-corrected chi connectivity index (χ1v) is 20.4. The maximum atomic E-state index is 11.6. The molecule has 0 saturated carbocycles. The lowest BCUT2D eigenvalue weighted by atomic mass is 10.1. The van der Waals surface area contributed by atoms with Crippen molar-refractivity contribution < 1.29 is 42.9 Å². The number of rotatable bonds is 20. The number of esters is 4. The molecule has 6 rings (SSSR count). The summed E-state index contributed by atoms with van der Waals surface area (Å²) in [5.74, 6) is -0.939. The van der Waals surface area contributed by atoms with Crippen LogP contribution < -0.4 is 4.74 Å². The summed E-state index contributed by atoms with van der Waals surface area (Å²) in [5.41, 5.74) is 5.47. The summed E-state index contributed by atoms with van der Waals surface area (Å²) in [4.78, 5) is 46.1. The third-order valence-corrected chi connectivity index (χ3v) is 8.77. The molecule has 0 saturated heterocycles. The van der Waals surface area contributed by atoms with Crippen molar-refractivity contribution in [3.63, 3.8) is 0 Å². The summed E-state index contributed by atoms with van der Waals surface area (Å²) in [6.07, 6.45) is 4.38. The van der Waals surface area contributed by atoms with Gasteiger partial charge in [-0.1, -0.05) is 170 Å². The number of carbonyl (C=O) groups excluding carboxylic acids is 4. The van der Waals surface area contributed by atoms with Gasteiger partial charge in [0.15, 0.2) is 6.61 Å². The molecule has 316 valence electrons. The zero-order valence-electron chi connectivity index (χ0n) is 34.5. The van der Waals surface area contributed by atoms with E-state index in [1.54, 1.807) is 0 Å². The average molecular weight is 823 g/mol. The molecule has 0 aliphatic carbocycles. The Labute approximate surface area is 359 Å². The molecule has 0 spiro atoms. The number of aryl methyl sites for hydroxylation is 3. The van der Waals surface area contributed by atoms with Crippen molar-refractivity contribution in [3.05, 3.63) is 210 Å². The number of hydrogen-bond donors (Lipinski definition) is 0. The van der Waals surface area contributed by atoms with Gasteiger partial charge in [-0.15, -0.1) is 0 Å². The lowest BCUT2D eigenvalue weighted by molar-refractivity contribution is -0.156. The van der Waals surface area contributed by atoms with Crippen LogP contribution in [0, 0.1) is 0 Å². The highest BCUT2D eigenvalue weighted by Crippen LogP contribution is 2.09. The summed E-state index contributed by atoms with van der Waals surface area (Å²) in [7, 11) is 0. The van der Waals surface area contributed by atoms with Gasteiger partial charge in [-0.05, 0) is 72.1 Å². The van der Waals surface area contributed by atoms with Gasteiger partial charge in [0.25, 0.3) is 0 Å². The summed E-state index contributed by atoms with van der Waals surface area (Å²) in [6, 6.07) is 58.2. The summed E-state index contributed by atoms with van der Waals surface area (Å²) in [6.45, 7) is 1.20. The minimum atomic E-state index is -0.586. The van der Waals surface area contributed by atoms with Gasteiger partial charge in [0.05, 0.1) is 13.2 Å². The van der Waals surface area contributed by atoms with Crippen molar-refractivity contribution in [3.8, 4) is 5.75 Å². The van der Waals surface area contributed by atoms with Crippen molar-refractivity contribution in [2.75, 3.05) is 19.8 Å². The summed E-state index contributed by atoms with van der Waals surface area (Å²) < 4.78 is 25.7. The van der Waals surface area contributed by atoms with Crippen LogP contribution in [0.2, 0.25) is 0 Å². The van der Waals surface area contributed by atoms with Crippen molar-refractivity contribution >= 4 is 23.9 Å². The van der Waals surface area contributed by atoms with Crippen LogP contribution in [-0.4, -0.2) is 43.7 Å². The van der Waals surface area contributed by atoms with Crippen molar-refractivity contribution in [1.29, 1.82) is 0 Å². The number of ether oxygens (including phenoxy) is 5. The van der Waals surface area contributed by atoms with Crippen molar-refractivity contribution in [1.82, 2.24) is 0 Å². The molecule has 9 heteroatoms. The van der Waals surface area contributed by atoms with Crippen LogP contribution in [0.4, 0.5) is 0 Å². The predicted octanol–water partition coefficient (Wildman–Crippen LogP) is 9.90. The van der Waals surface area contributed by atoms with Gasteiger partial charge in [-0.25, -0.2) is 4.79 Å². The Balaban J connectivity index is 0.000000202. The van der Waals surface area contributed by atoms with Crippen molar-refractivity contribution in [2.24, 2.45) is 0 Å². The molecule has 0 radical (unpaired) electrons. The van der Waals surface area contributed by atoms with E-state index in [9.17, 15) is 19.2 Å². The molecule has 0 atom stereocenters. The minimum Gasteiger partial charge on any atom is -0.482 e. The van der Waals surface area contributed by atoms with Gasteiger partial charge in [0, 0.05) is 6.42 Å². The molecule has 0 bridgehead atoms. The van der Waals surface area contributed by atoms with E-state index in [1.807, 2.05) is 158 Å². The van der Waals surface area contributed by atoms with Gasteiger partial charge < -0.3 is 23.7 Å². The van der Waals surface area contributed by atoms with Crippen LogP contribution in [-0.2, 0) is 70.6 Å². The van der Waals surface area contributed by atoms with E-state index in [0.717, 1.165) is 43.2 Å². The van der Waals surface area contributed by atoms with Crippen LogP contribution in [0.25, 0.3) is 0 Å². The highest BCUT2D eigenvalue weighted by molar-refractivity contribution is 5.91. The lowest BCUT2D eigenvalue weighted by Gasteiger charge is -2.07. The second kappa shape index (κ2) is 29.2. The van der Waals surface area contributed by atoms with E-state index in [0.29, 0.717) is 25.4 Å². The molecule has 6 aromatic rings. The second-order valence-electron chi connectivity index (χ2n) is 13.7. The Morgan fingerprint density at radius 2 is 0.689 bits per heavy atom. The first-order chi connectivity index (χ1) is 29.9. The third kappa shape index (κ3) is 22.1. The quantitative estimate of drug-likeness (QED) is 0.0321. The molecule has 9 nitrogen and oxygen atoms in total.